The van der Waals surface area contributed by atoms with E-state index >= 15 is 0 Å². The average molecular weight is 103 g/mol. The normalized spacial score (nSPS) is 9.57. The van der Waals surface area contributed by atoms with E-state index in [-0.39, 0.29) is 0 Å². The molecule has 0 aromatic carbocycles. The topological polar surface area (TPSA) is 88.5 Å². The van der Waals surface area contributed by atoms with E-state index in [9.17, 15) is 0 Å². The third-order valence-corrected chi connectivity index (χ3v) is 0.498. The van der Waals surface area contributed by atoms with Crippen LogP contribution in [0.2, 0.25) is 0 Å². The molecule has 0 atom stereocenters. The van der Waals surface area contributed by atoms with Gasteiger partial charge in [0.05, 0.1) is 0 Å². The first-order chi connectivity index (χ1) is 3.35. The molecule has 0 saturated heterocycles. The monoisotopic (exact) mass is 103 g/mol. The largest absolute Gasteiger partial charge is 0.268 e. The van der Waals surface area contributed by atoms with Gasteiger partial charge in [0, 0.05) is 0 Å². The first kappa shape index (κ1) is 6.51. The molecule has 6 N–H and O–H groups in total. The van der Waals surface area contributed by atoms with Crippen molar-refractivity contribution in [3.8, 4) is 0 Å². The summed E-state index contributed by atoms with van der Waals surface area (Å²) in [5.74, 6) is 9.74. The Balaban J connectivity index is 3.16. The number of nitrogens with one attached hydrogen (secondary N) is 2. The lowest BCUT2D eigenvalue weighted by Gasteiger charge is -2.05. The highest BCUT2D eigenvalue weighted by atomic mass is 15.5. The van der Waals surface area contributed by atoms with Crippen LogP contribution in [-0.2, 0) is 0 Å². The molecule has 0 spiro atoms. The minimum Gasteiger partial charge on any atom is -0.268 e. The van der Waals surface area contributed by atoms with Crippen LogP contribution in [0, 0.1) is 0 Å². The molecule has 0 saturated carbocycles. The second kappa shape index (κ2) is 3.69. The second-order valence-corrected chi connectivity index (χ2v) is 0.918. The summed E-state index contributed by atoms with van der Waals surface area (Å²) in [6, 6.07) is 0. The molecule has 0 heterocycles. The lowest BCUT2D eigenvalue weighted by Crippen LogP contribution is -2.47. The molecule has 0 fully saturated rings. The lowest BCUT2D eigenvalue weighted by atomic mass is 10.9. The van der Waals surface area contributed by atoms with Crippen LogP contribution in [-0.4, -0.2) is 13.0 Å². The number of rotatable bonds is 3. The van der Waals surface area contributed by atoms with Crippen molar-refractivity contribution in [2.24, 2.45) is 16.7 Å². The van der Waals surface area contributed by atoms with Crippen molar-refractivity contribution >= 4 is 6.72 Å². The Morgan fingerprint density at radius 3 is 1.86 bits per heavy atom. The molecule has 0 radical (unpaired) electrons. The number of hydrogen-bond acceptors (Lipinski definition) is 5. The lowest BCUT2D eigenvalue weighted by molar-refractivity contribution is 0.463. The zero-order valence-electron chi connectivity index (χ0n) is 3.89. The van der Waals surface area contributed by atoms with Crippen LogP contribution in [0.3, 0.4) is 0 Å². The van der Waals surface area contributed by atoms with Crippen molar-refractivity contribution in [1.29, 1.82) is 0 Å². The minimum atomic E-state index is -0.444. The Kier molecular flexibility index (Phi) is 3.43. The van der Waals surface area contributed by atoms with Crippen molar-refractivity contribution in [2.75, 3.05) is 0 Å². The van der Waals surface area contributed by atoms with E-state index < -0.39 is 6.29 Å². The Bertz CT molecular complexity index is 48.0. The van der Waals surface area contributed by atoms with Gasteiger partial charge in [-0.15, -0.1) is 0 Å². The molecule has 0 unspecified atom stereocenters. The molecule has 0 rings (SSSR count). The molecule has 0 aliphatic carbocycles. The SMILES string of the molecule is C=NC(NN)NN. The molecule has 5 heteroatoms. The van der Waals surface area contributed by atoms with E-state index in [1.54, 1.807) is 0 Å². The number of aliphatic imine (C=N–C) groups is 1. The van der Waals surface area contributed by atoms with Crippen molar-refractivity contribution in [2.45, 2.75) is 6.29 Å². The van der Waals surface area contributed by atoms with Crippen molar-refractivity contribution in [1.82, 2.24) is 10.9 Å². The molecule has 0 aromatic rings. The second-order valence-electron chi connectivity index (χ2n) is 0.918. The third-order valence-electron chi connectivity index (χ3n) is 0.498. The van der Waals surface area contributed by atoms with Gasteiger partial charge in [0.1, 0.15) is 0 Å². The van der Waals surface area contributed by atoms with Gasteiger partial charge in [0.2, 0.25) is 0 Å². The third kappa shape index (κ3) is 2.24. The molecule has 5 nitrogen and oxygen atoms in total. The van der Waals surface area contributed by atoms with Crippen LogP contribution < -0.4 is 22.5 Å². The molecule has 42 valence electrons. The summed E-state index contributed by atoms with van der Waals surface area (Å²) in [4.78, 5) is 3.40. The Labute approximate surface area is 41.7 Å². The predicted octanol–water partition coefficient (Wildman–Crippen LogP) is -2.10. The molecule has 0 aromatic heterocycles. The summed E-state index contributed by atoms with van der Waals surface area (Å²) in [5.41, 5.74) is 4.47. The summed E-state index contributed by atoms with van der Waals surface area (Å²) in [5, 5.41) is 0. The maximum absolute atomic E-state index is 4.87. The van der Waals surface area contributed by atoms with Gasteiger partial charge in [0.25, 0.3) is 0 Å². The first-order valence-corrected chi connectivity index (χ1v) is 1.73. The Morgan fingerprint density at radius 1 is 1.43 bits per heavy atom. The van der Waals surface area contributed by atoms with Crippen molar-refractivity contribution in [3.63, 3.8) is 0 Å². The van der Waals surface area contributed by atoms with Crippen LogP contribution in [0.5, 0.6) is 0 Å². The molecular weight excluding hydrogens is 94.1 g/mol. The molecule has 0 bridgehead atoms. The fourth-order valence-corrected chi connectivity index (χ4v) is 0.154. The van der Waals surface area contributed by atoms with Gasteiger partial charge in [-0.3, -0.25) is 16.7 Å². The average Bonchev–Trinajstić information content (AvgIpc) is 1.72. The van der Waals surface area contributed by atoms with Gasteiger partial charge >= 0.3 is 0 Å². The molecule has 7 heavy (non-hydrogen) atoms. The van der Waals surface area contributed by atoms with Gasteiger partial charge in [-0.1, -0.05) is 0 Å². The van der Waals surface area contributed by atoms with E-state index in [1.165, 1.54) is 0 Å². The van der Waals surface area contributed by atoms with Crippen LogP contribution in [0.1, 0.15) is 0 Å². The summed E-state index contributed by atoms with van der Waals surface area (Å²) < 4.78 is 0. The van der Waals surface area contributed by atoms with Crippen LogP contribution in [0.25, 0.3) is 0 Å². The number of hydrogen-bond donors (Lipinski definition) is 4. The van der Waals surface area contributed by atoms with E-state index in [0.717, 1.165) is 0 Å². The van der Waals surface area contributed by atoms with E-state index in [1.807, 2.05) is 0 Å². The van der Waals surface area contributed by atoms with Gasteiger partial charge in [0.15, 0.2) is 6.29 Å². The first-order valence-electron chi connectivity index (χ1n) is 1.73. The highest BCUT2D eigenvalue weighted by Gasteiger charge is 1.91. The summed E-state index contributed by atoms with van der Waals surface area (Å²) in [6.45, 7) is 3.17. The predicted molar refractivity (Wildman–Crippen MR) is 28.0 cm³/mol. The maximum atomic E-state index is 4.87. The van der Waals surface area contributed by atoms with Crippen molar-refractivity contribution < 1.29 is 0 Å². The van der Waals surface area contributed by atoms with Crippen LogP contribution in [0.15, 0.2) is 4.99 Å². The summed E-state index contributed by atoms with van der Waals surface area (Å²) in [7, 11) is 0. The number of nitrogens with zero attached hydrogens (tertiary/aromatic N) is 1. The summed E-state index contributed by atoms with van der Waals surface area (Å²) >= 11 is 0. The smallest absolute Gasteiger partial charge is 0.177 e. The fourth-order valence-electron chi connectivity index (χ4n) is 0.154. The van der Waals surface area contributed by atoms with E-state index in [2.05, 4.69) is 22.6 Å². The van der Waals surface area contributed by atoms with Gasteiger partial charge in [-0.25, -0.2) is 10.9 Å². The number of nitrogens with two attached hydrogens (primary N) is 2. The van der Waals surface area contributed by atoms with Crippen LogP contribution in [0.4, 0.5) is 0 Å². The zero-order valence-corrected chi connectivity index (χ0v) is 3.89. The minimum absolute atomic E-state index is 0.444. The Morgan fingerprint density at radius 2 is 1.86 bits per heavy atom. The number of hydrazine groups is 2. The van der Waals surface area contributed by atoms with Gasteiger partial charge in [-0.05, 0) is 6.72 Å². The molecule has 0 aliphatic rings. The highest BCUT2D eigenvalue weighted by molar-refractivity contribution is 5.23. The summed E-state index contributed by atoms with van der Waals surface area (Å²) in [6.07, 6.45) is -0.444. The van der Waals surface area contributed by atoms with Gasteiger partial charge < -0.3 is 0 Å². The fraction of sp³-hybridized carbons (Fsp3) is 0.500. The van der Waals surface area contributed by atoms with Gasteiger partial charge in [-0.2, -0.15) is 0 Å². The molecule has 0 aliphatic heterocycles. The highest BCUT2D eigenvalue weighted by Crippen LogP contribution is 1.64. The zero-order chi connectivity index (χ0) is 5.70. The van der Waals surface area contributed by atoms with E-state index in [0.29, 0.717) is 0 Å². The standard InChI is InChI=1S/C2H9N5/c1-5-2(6-3)7-4/h2,6-7H,1,3-4H2. The van der Waals surface area contributed by atoms with Crippen molar-refractivity contribution in [3.05, 3.63) is 0 Å². The molecule has 0 amide bonds. The quantitative estimate of drug-likeness (QED) is 0.142. The Hall–Kier alpha value is -0.490. The molecular formula is C2H9N5. The van der Waals surface area contributed by atoms with E-state index in [4.69, 9.17) is 11.7 Å². The van der Waals surface area contributed by atoms with Crippen LogP contribution >= 0.6 is 0 Å². The maximum Gasteiger partial charge on any atom is 0.177 e.